The second kappa shape index (κ2) is 4.63. The van der Waals surface area contributed by atoms with Crippen molar-refractivity contribution in [3.8, 4) is 5.75 Å². The van der Waals surface area contributed by atoms with Crippen LogP contribution in [0.2, 0.25) is 0 Å². The summed E-state index contributed by atoms with van der Waals surface area (Å²) in [7, 11) is 1.35. The number of carbonyl (C=O) groups excluding carboxylic acids is 1. The summed E-state index contributed by atoms with van der Waals surface area (Å²) in [5, 5.41) is 0. The van der Waals surface area contributed by atoms with Gasteiger partial charge in [-0.05, 0) is 12.1 Å². The van der Waals surface area contributed by atoms with Gasteiger partial charge in [0.15, 0.2) is 0 Å². The smallest absolute Gasteiger partial charge is 0.310 e. The summed E-state index contributed by atoms with van der Waals surface area (Å²) in [5.41, 5.74) is 0. The predicted molar refractivity (Wildman–Crippen MR) is 55.4 cm³/mol. The normalized spacial score (nSPS) is 11.1. The fraction of sp³-hybridized carbons (Fsp3) is 0.222. The van der Waals surface area contributed by atoms with Gasteiger partial charge in [0.2, 0.25) is 0 Å². The molecule has 82 valence electrons. The molecule has 6 heteroatoms. The molecular formula is C9H9ClO4S. The molecule has 0 spiro atoms. The molecule has 0 aromatic heterocycles. The molecule has 0 aliphatic heterocycles. The first kappa shape index (κ1) is 12.0. The first-order valence-electron chi connectivity index (χ1n) is 4.19. The Morgan fingerprint density at radius 1 is 1.47 bits per heavy atom. The van der Waals surface area contributed by atoms with E-state index in [9.17, 15) is 13.2 Å². The van der Waals surface area contributed by atoms with Crippen molar-refractivity contribution >= 4 is 25.7 Å². The van der Waals surface area contributed by atoms with Crippen LogP contribution in [-0.2, 0) is 13.8 Å². The standard InChI is InChI=1S/C9H9ClO4S/c1-2-9(11)14-7-4-3-5-8(6-7)15(10,12)13/h3-6H,2H2,1H3. The van der Waals surface area contributed by atoms with E-state index in [0.717, 1.165) is 0 Å². The van der Waals surface area contributed by atoms with Crippen LogP contribution in [-0.4, -0.2) is 14.4 Å². The van der Waals surface area contributed by atoms with Gasteiger partial charge >= 0.3 is 5.97 Å². The molecule has 15 heavy (non-hydrogen) atoms. The molecule has 0 amide bonds. The third-order valence-electron chi connectivity index (χ3n) is 1.61. The molecule has 0 N–H and O–H groups in total. The van der Waals surface area contributed by atoms with Gasteiger partial charge in [-0.3, -0.25) is 4.79 Å². The zero-order valence-corrected chi connectivity index (χ0v) is 9.51. The largest absolute Gasteiger partial charge is 0.426 e. The van der Waals surface area contributed by atoms with E-state index in [1.165, 1.54) is 24.3 Å². The monoisotopic (exact) mass is 248 g/mol. The first-order chi connectivity index (χ1) is 6.93. The lowest BCUT2D eigenvalue weighted by molar-refractivity contribution is -0.134. The number of hydrogen-bond donors (Lipinski definition) is 0. The van der Waals surface area contributed by atoms with Gasteiger partial charge in [0.1, 0.15) is 5.75 Å². The van der Waals surface area contributed by atoms with Gasteiger partial charge in [-0.1, -0.05) is 13.0 Å². The number of benzene rings is 1. The zero-order valence-electron chi connectivity index (χ0n) is 7.94. The lowest BCUT2D eigenvalue weighted by Crippen LogP contribution is -2.05. The molecule has 0 bridgehead atoms. The third-order valence-corrected chi connectivity index (χ3v) is 2.96. The van der Waals surface area contributed by atoms with Crippen molar-refractivity contribution in [1.29, 1.82) is 0 Å². The molecule has 1 aromatic rings. The molecule has 0 heterocycles. The van der Waals surface area contributed by atoms with Crippen LogP contribution in [0.1, 0.15) is 13.3 Å². The van der Waals surface area contributed by atoms with Crippen molar-refractivity contribution in [3.05, 3.63) is 24.3 Å². The molecule has 0 atom stereocenters. The van der Waals surface area contributed by atoms with Gasteiger partial charge in [-0.25, -0.2) is 8.42 Å². The second-order valence-electron chi connectivity index (χ2n) is 2.74. The van der Waals surface area contributed by atoms with Crippen LogP contribution in [0.4, 0.5) is 0 Å². The molecule has 0 aliphatic carbocycles. The average Bonchev–Trinajstić information content (AvgIpc) is 2.17. The van der Waals surface area contributed by atoms with Gasteiger partial charge in [0.05, 0.1) is 4.90 Å². The summed E-state index contributed by atoms with van der Waals surface area (Å²) in [5.74, 6) is -0.261. The molecule has 0 fully saturated rings. The summed E-state index contributed by atoms with van der Waals surface area (Å²) < 4.78 is 26.8. The van der Waals surface area contributed by atoms with Gasteiger partial charge in [0, 0.05) is 23.2 Å². The van der Waals surface area contributed by atoms with Gasteiger partial charge in [-0.15, -0.1) is 0 Å². The van der Waals surface area contributed by atoms with Gasteiger partial charge < -0.3 is 4.74 Å². The number of rotatable bonds is 3. The highest BCUT2D eigenvalue weighted by atomic mass is 35.7. The summed E-state index contributed by atoms with van der Waals surface area (Å²) in [6.45, 7) is 1.64. The molecule has 0 radical (unpaired) electrons. The van der Waals surface area contributed by atoms with E-state index >= 15 is 0 Å². The Morgan fingerprint density at radius 3 is 2.67 bits per heavy atom. The molecule has 0 unspecified atom stereocenters. The van der Waals surface area contributed by atoms with Gasteiger partial charge in [0.25, 0.3) is 9.05 Å². The molecule has 0 saturated carbocycles. The van der Waals surface area contributed by atoms with Gasteiger partial charge in [-0.2, -0.15) is 0 Å². The highest BCUT2D eigenvalue weighted by Gasteiger charge is 2.11. The lowest BCUT2D eigenvalue weighted by Gasteiger charge is -2.03. The van der Waals surface area contributed by atoms with E-state index in [2.05, 4.69) is 0 Å². The van der Waals surface area contributed by atoms with E-state index in [4.69, 9.17) is 15.4 Å². The lowest BCUT2D eigenvalue weighted by atomic mass is 10.3. The summed E-state index contributed by atoms with van der Waals surface area (Å²) in [4.78, 5) is 10.8. The Kier molecular flexibility index (Phi) is 3.71. The van der Waals surface area contributed by atoms with E-state index in [1.807, 2.05) is 0 Å². The minimum absolute atomic E-state index is 0.0921. The minimum Gasteiger partial charge on any atom is -0.426 e. The summed E-state index contributed by atoms with van der Waals surface area (Å²) >= 11 is 0. The second-order valence-corrected chi connectivity index (χ2v) is 5.31. The predicted octanol–water partition coefficient (Wildman–Crippen LogP) is 1.93. The van der Waals surface area contributed by atoms with Crippen LogP contribution in [0.3, 0.4) is 0 Å². The first-order valence-corrected chi connectivity index (χ1v) is 6.50. The fourth-order valence-corrected chi connectivity index (χ4v) is 1.68. The van der Waals surface area contributed by atoms with Crippen LogP contribution >= 0.6 is 10.7 Å². The summed E-state index contributed by atoms with van der Waals surface area (Å²) in [6.07, 6.45) is 0.220. The number of halogens is 1. The van der Waals surface area contributed by atoms with Crippen LogP contribution in [0.25, 0.3) is 0 Å². The van der Waals surface area contributed by atoms with Crippen LogP contribution in [0, 0.1) is 0 Å². The molecule has 1 aromatic carbocycles. The maximum atomic E-state index is 11.0. The number of hydrogen-bond acceptors (Lipinski definition) is 4. The molecular weight excluding hydrogens is 240 g/mol. The Hall–Kier alpha value is -1.07. The minimum atomic E-state index is -3.79. The number of carbonyl (C=O) groups is 1. The Morgan fingerprint density at radius 2 is 2.13 bits per heavy atom. The van der Waals surface area contributed by atoms with Crippen molar-refractivity contribution in [2.75, 3.05) is 0 Å². The van der Waals surface area contributed by atoms with Crippen LogP contribution in [0.15, 0.2) is 29.2 Å². The van der Waals surface area contributed by atoms with E-state index in [1.54, 1.807) is 6.92 Å². The average molecular weight is 249 g/mol. The Bertz CT molecular complexity index is 467. The zero-order chi connectivity index (χ0) is 11.5. The Balaban J connectivity index is 2.99. The number of esters is 1. The van der Waals surface area contributed by atoms with Crippen molar-refractivity contribution in [2.45, 2.75) is 18.2 Å². The molecule has 0 saturated heterocycles. The molecule has 4 nitrogen and oxygen atoms in total. The third kappa shape index (κ3) is 3.53. The quantitative estimate of drug-likeness (QED) is 0.466. The van der Waals surface area contributed by atoms with Crippen molar-refractivity contribution < 1.29 is 17.9 Å². The van der Waals surface area contributed by atoms with E-state index < -0.39 is 15.0 Å². The van der Waals surface area contributed by atoms with Crippen molar-refractivity contribution in [3.63, 3.8) is 0 Å². The van der Waals surface area contributed by atoms with Crippen LogP contribution in [0.5, 0.6) is 5.75 Å². The molecule has 1 rings (SSSR count). The number of ether oxygens (including phenoxy) is 1. The fourth-order valence-electron chi connectivity index (χ4n) is 0.893. The Labute approximate surface area is 92.2 Å². The van der Waals surface area contributed by atoms with E-state index in [0.29, 0.717) is 0 Å². The van der Waals surface area contributed by atoms with E-state index in [-0.39, 0.29) is 17.1 Å². The highest BCUT2D eigenvalue weighted by Crippen LogP contribution is 2.20. The van der Waals surface area contributed by atoms with Crippen molar-refractivity contribution in [2.24, 2.45) is 0 Å². The molecule has 0 aliphatic rings. The summed E-state index contributed by atoms with van der Waals surface area (Å²) in [6, 6.07) is 5.47. The maximum absolute atomic E-state index is 11.0. The SMILES string of the molecule is CCC(=O)Oc1cccc(S(=O)(=O)Cl)c1. The highest BCUT2D eigenvalue weighted by molar-refractivity contribution is 8.13. The van der Waals surface area contributed by atoms with Crippen molar-refractivity contribution in [1.82, 2.24) is 0 Å². The van der Waals surface area contributed by atoms with Crippen LogP contribution < -0.4 is 4.74 Å². The maximum Gasteiger partial charge on any atom is 0.310 e. The topological polar surface area (TPSA) is 60.4 Å².